The number of ether oxygens (including phenoxy) is 1. The number of aryl methyl sites for hydroxylation is 2. The van der Waals surface area contributed by atoms with Gasteiger partial charge in [0.1, 0.15) is 5.60 Å². The van der Waals surface area contributed by atoms with E-state index in [0.29, 0.717) is 11.2 Å². The third-order valence-electron chi connectivity index (χ3n) is 5.45. The van der Waals surface area contributed by atoms with Crippen molar-refractivity contribution in [2.45, 2.75) is 53.1 Å². The summed E-state index contributed by atoms with van der Waals surface area (Å²) in [5.74, 6) is -0.326. The third kappa shape index (κ3) is 4.42. The summed E-state index contributed by atoms with van der Waals surface area (Å²) in [6.45, 7) is 9.88. The Hall–Kier alpha value is -3.47. The second-order valence-corrected chi connectivity index (χ2v) is 8.95. The lowest BCUT2D eigenvalue weighted by molar-refractivity contribution is 0.00695. The first-order valence-electron chi connectivity index (χ1n) is 11.1. The normalized spacial score (nSPS) is 11.7. The molecule has 0 fully saturated rings. The fourth-order valence-corrected chi connectivity index (χ4v) is 3.76. The number of hydrogen-bond acceptors (Lipinski definition) is 4. The molecule has 0 aliphatic rings. The minimum atomic E-state index is -0.521. The number of nitrogens with one attached hydrogen (secondary N) is 1. The number of esters is 1. The summed E-state index contributed by atoms with van der Waals surface area (Å²) in [5.41, 5.74) is 7.08. The summed E-state index contributed by atoms with van der Waals surface area (Å²) < 4.78 is 5.45. The number of H-pyrrole nitrogens is 1. The molecule has 4 aromatic rings. The molecule has 0 spiro atoms. The molecule has 0 saturated carbocycles. The van der Waals surface area contributed by atoms with Crippen LogP contribution in [0.25, 0.3) is 33.5 Å². The van der Waals surface area contributed by atoms with Gasteiger partial charge in [0.15, 0.2) is 5.65 Å². The molecular weight excluding hydrogens is 398 g/mol. The number of fused-ring (bicyclic) bond motifs is 1. The van der Waals surface area contributed by atoms with Crippen molar-refractivity contribution in [3.05, 3.63) is 71.3 Å². The second-order valence-electron chi connectivity index (χ2n) is 8.95. The molecule has 2 aromatic carbocycles. The highest BCUT2D eigenvalue weighted by atomic mass is 16.6. The summed E-state index contributed by atoms with van der Waals surface area (Å²) in [6, 6.07) is 18.1. The van der Waals surface area contributed by atoms with E-state index in [-0.39, 0.29) is 5.97 Å². The molecule has 32 heavy (non-hydrogen) atoms. The van der Waals surface area contributed by atoms with Crippen LogP contribution in [-0.2, 0) is 17.6 Å². The fraction of sp³-hybridized carbons (Fsp3) is 0.296. The molecule has 164 valence electrons. The number of carbonyl (C=O) groups excluding carboxylic acids is 1. The molecule has 0 radical (unpaired) electrons. The molecule has 0 amide bonds. The number of hydrogen-bond donors (Lipinski definition) is 1. The lowest BCUT2D eigenvalue weighted by Gasteiger charge is -2.19. The van der Waals surface area contributed by atoms with E-state index >= 15 is 0 Å². The van der Waals surface area contributed by atoms with Gasteiger partial charge in [-0.3, -0.25) is 5.10 Å². The number of carbonyl (C=O) groups is 1. The Morgan fingerprint density at radius 3 is 2.19 bits per heavy atom. The summed E-state index contributed by atoms with van der Waals surface area (Å²) in [7, 11) is 0. The van der Waals surface area contributed by atoms with Gasteiger partial charge in [0.05, 0.1) is 17.0 Å². The Balaban J connectivity index is 1.70. The SMILES string of the molecule is CCc1ccc(-c2[nH]nc3nc(-c4ccc(C(=O)OC(C)(C)C)cc4)cc(CC)c23)cc1. The number of benzene rings is 2. The van der Waals surface area contributed by atoms with Gasteiger partial charge >= 0.3 is 5.97 Å². The van der Waals surface area contributed by atoms with Crippen LogP contribution in [0.1, 0.15) is 56.1 Å². The lowest BCUT2D eigenvalue weighted by Crippen LogP contribution is -2.23. The van der Waals surface area contributed by atoms with Crippen molar-refractivity contribution in [2.24, 2.45) is 0 Å². The quantitative estimate of drug-likeness (QED) is 0.376. The number of rotatable bonds is 5. The van der Waals surface area contributed by atoms with Crippen molar-refractivity contribution >= 4 is 17.0 Å². The van der Waals surface area contributed by atoms with E-state index in [1.807, 2.05) is 32.9 Å². The van der Waals surface area contributed by atoms with Crippen LogP contribution in [0.5, 0.6) is 0 Å². The minimum absolute atomic E-state index is 0.326. The molecule has 5 nitrogen and oxygen atoms in total. The predicted molar refractivity (Wildman–Crippen MR) is 129 cm³/mol. The van der Waals surface area contributed by atoms with Crippen LogP contribution in [0.3, 0.4) is 0 Å². The van der Waals surface area contributed by atoms with Crippen molar-refractivity contribution in [1.29, 1.82) is 0 Å². The van der Waals surface area contributed by atoms with Gasteiger partial charge in [0, 0.05) is 16.5 Å². The molecule has 0 unspecified atom stereocenters. The Morgan fingerprint density at radius 2 is 1.59 bits per heavy atom. The van der Waals surface area contributed by atoms with Crippen molar-refractivity contribution in [3.8, 4) is 22.5 Å². The Kier molecular flexibility index (Phi) is 5.83. The Morgan fingerprint density at radius 1 is 0.938 bits per heavy atom. The van der Waals surface area contributed by atoms with Crippen LogP contribution < -0.4 is 0 Å². The molecular formula is C27H29N3O2. The maximum Gasteiger partial charge on any atom is 0.338 e. The van der Waals surface area contributed by atoms with Gasteiger partial charge in [-0.2, -0.15) is 5.10 Å². The monoisotopic (exact) mass is 427 g/mol. The zero-order valence-corrected chi connectivity index (χ0v) is 19.3. The Labute approximate surface area is 188 Å². The maximum absolute atomic E-state index is 12.3. The summed E-state index contributed by atoms with van der Waals surface area (Å²) in [4.78, 5) is 17.1. The van der Waals surface area contributed by atoms with E-state index in [4.69, 9.17) is 9.72 Å². The molecule has 2 aromatic heterocycles. The molecule has 0 atom stereocenters. The van der Waals surface area contributed by atoms with Crippen molar-refractivity contribution < 1.29 is 9.53 Å². The van der Waals surface area contributed by atoms with Gasteiger partial charge in [-0.05, 0) is 62.9 Å². The van der Waals surface area contributed by atoms with E-state index in [2.05, 4.69) is 54.4 Å². The van der Waals surface area contributed by atoms with Gasteiger partial charge in [0.2, 0.25) is 0 Å². The molecule has 5 heteroatoms. The van der Waals surface area contributed by atoms with E-state index in [1.54, 1.807) is 12.1 Å². The van der Waals surface area contributed by atoms with Gasteiger partial charge in [0.25, 0.3) is 0 Å². The number of aromatic nitrogens is 3. The zero-order valence-electron chi connectivity index (χ0n) is 19.3. The van der Waals surface area contributed by atoms with E-state index < -0.39 is 5.60 Å². The largest absolute Gasteiger partial charge is 0.456 e. The number of aromatic amines is 1. The molecule has 0 aliphatic heterocycles. The standard InChI is InChI=1S/C27H29N3O2/c1-6-17-8-10-20(11-9-17)24-23-18(7-2)16-22(28-25(23)30-29-24)19-12-14-21(15-13-19)26(31)32-27(3,4)5/h8-16H,6-7H2,1-5H3,(H,28,29,30). The number of nitrogens with zero attached hydrogens (tertiary/aromatic N) is 2. The van der Waals surface area contributed by atoms with Crippen molar-refractivity contribution in [1.82, 2.24) is 15.2 Å². The topological polar surface area (TPSA) is 67.9 Å². The summed E-state index contributed by atoms with van der Waals surface area (Å²) >= 11 is 0. The third-order valence-corrected chi connectivity index (χ3v) is 5.45. The smallest absolute Gasteiger partial charge is 0.338 e. The van der Waals surface area contributed by atoms with Crippen molar-refractivity contribution in [2.75, 3.05) is 0 Å². The van der Waals surface area contributed by atoms with E-state index in [1.165, 1.54) is 11.1 Å². The van der Waals surface area contributed by atoms with Crippen molar-refractivity contribution in [3.63, 3.8) is 0 Å². The highest BCUT2D eigenvalue weighted by Crippen LogP contribution is 2.32. The zero-order chi connectivity index (χ0) is 22.9. The van der Waals surface area contributed by atoms with Gasteiger partial charge in [-0.1, -0.05) is 50.2 Å². The van der Waals surface area contributed by atoms with Crippen LogP contribution in [-0.4, -0.2) is 26.8 Å². The lowest BCUT2D eigenvalue weighted by atomic mass is 10.00. The fourth-order valence-electron chi connectivity index (χ4n) is 3.76. The van der Waals surface area contributed by atoms with Crippen LogP contribution in [0.4, 0.5) is 0 Å². The average molecular weight is 428 g/mol. The summed E-state index contributed by atoms with van der Waals surface area (Å²) in [6.07, 6.45) is 1.88. The van der Waals surface area contributed by atoms with Gasteiger partial charge < -0.3 is 4.74 Å². The predicted octanol–water partition coefficient (Wildman–Crippen LogP) is 6.37. The molecule has 0 saturated heterocycles. The van der Waals surface area contributed by atoms with Crippen LogP contribution >= 0.6 is 0 Å². The van der Waals surface area contributed by atoms with Gasteiger partial charge in [-0.25, -0.2) is 9.78 Å². The Bertz CT molecular complexity index is 1250. The first kappa shape index (κ1) is 21.8. The molecule has 0 bridgehead atoms. The van der Waals surface area contributed by atoms with E-state index in [9.17, 15) is 4.79 Å². The maximum atomic E-state index is 12.3. The molecule has 0 aliphatic carbocycles. The number of pyridine rings is 1. The van der Waals surface area contributed by atoms with Gasteiger partial charge in [-0.15, -0.1) is 0 Å². The van der Waals surface area contributed by atoms with Crippen LogP contribution in [0.15, 0.2) is 54.6 Å². The molecule has 4 rings (SSSR count). The first-order chi connectivity index (χ1) is 15.3. The highest BCUT2D eigenvalue weighted by Gasteiger charge is 2.19. The van der Waals surface area contributed by atoms with Crippen LogP contribution in [0.2, 0.25) is 0 Å². The molecule has 2 heterocycles. The summed E-state index contributed by atoms with van der Waals surface area (Å²) in [5, 5.41) is 8.76. The van der Waals surface area contributed by atoms with Crippen LogP contribution in [0, 0.1) is 0 Å². The minimum Gasteiger partial charge on any atom is -0.456 e. The average Bonchev–Trinajstić information content (AvgIpc) is 3.21. The first-order valence-corrected chi connectivity index (χ1v) is 11.1. The molecule has 1 N–H and O–H groups in total. The van der Waals surface area contributed by atoms with E-state index in [0.717, 1.165) is 40.7 Å². The highest BCUT2D eigenvalue weighted by molar-refractivity contribution is 5.95. The second kappa shape index (κ2) is 8.58.